The Hall–Kier alpha value is -1.46. The summed E-state index contributed by atoms with van der Waals surface area (Å²) in [7, 11) is 1.72. The first-order valence-electron chi connectivity index (χ1n) is 6.32. The summed E-state index contributed by atoms with van der Waals surface area (Å²) in [5, 5.41) is 6.87. The normalized spacial score (nSPS) is 19.4. The van der Waals surface area contributed by atoms with E-state index in [4.69, 9.17) is 4.74 Å². The zero-order valence-corrected chi connectivity index (χ0v) is 10.7. The Morgan fingerprint density at radius 2 is 2.28 bits per heavy atom. The van der Waals surface area contributed by atoms with Crippen LogP contribution in [0.15, 0.2) is 29.5 Å². The zero-order chi connectivity index (χ0) is 12.6. The highest BCUT2D eigenvalue weighted by molar-refractivity contribution is 5.89. The predicted octanol–water partition coefficient (Wildman–Crippen LogP) is 0.750. The Labute approximate surface area is 108 Å². The molecule has 0 saturated carbocycles. The quantitative estimate of drug-likeness (QED) is 0.755. The van der Waals surface area contributed by atoms with Gasteiger partial charge in [0.2, 0.25) is 0 Å². The predicted molar refractivity (Wildman–Crippen MR) is 71.8 cm³/mol. The minimum atomic E-state index is 0.157. The molecule has 5 nitrogen and oxygen atoms in total. The summed E-state index contributed by atoms with van der Waals surface area (Å²) >= 11 is 0. The first-order valence-corrected chi connectivity index (χ1v) is 6.32. The van der Waals surface area contributed by atoms with Crippen LogP contribution in [0.25, 0.3) is 0 Å². The molecule has 1 unspecified atom stereocenters. The van der Waals surface area contributed by atoms with E-state index in [0.717, 1.165) is 38.5 Å². The van der Waals surface area contributed by atoms with Crippen LogP contribution in [0.1, 0.15) is 18.0 Å². The molecule has 0 amide bonds. The average molecular weight is 248 g/mol. The van der Waals surface area contributed by atoms with Gasteiger partial charge in [0.05, 0.1) is 12.6 Å². The smallest absolute Gasteiger partial charge is 0.118 e. The molecular formula is C13H20N4O. The highest BCUT2D eigenvalue weighted by Crippen LogP contribution is 2.14. The third-order valence-electron chi connectivity index (χ3n) is 2.89. The van der Waals surface area contributed by atoms with Gasteiger partial charge < -0.3 is 15.4 Å². The minimum absolute atomic E-state index is 0.157. The average Bonchev–Trinajstić information content (AvgIpc) is 2.45. The zero-order valence-electron chi connectivity index (χ0n) is 10.7. The number of hydrogen-bond donors (Lipinski definition) is 2. The van der Waals surface area contributed by atoms with Crippen LogP contribution >= 0.6 is 0 Å². The van der Waals surface area contributed by atoms with Gasteiger partial charge in [-0.1, -0.05) is 0 Å². The summed E-state index contributed by atoms with van der Waals surface area (Å²) in [4.78, 5) is 8.61. The van der Waals surface area contributed by atoms with E-state index < -0.39 is 0 Å². The van der Waals surface area contributed by atoms with Crippen molar-refractivity contribution >= 4 is 5.84 Å². The molecule has 1 aliphatic rings. The Bertz CT molecular complexity index is 380. The molecule has 98 valence electrons. The number of hydrogen-bond acceptors (Lipinski definition) is 5. The number of nitrogens with zero attached hydrogens (tertiary/aromatic N) is 2. The number of aliphatic imine (C=N–C) groups is 1. The number of ether oxygens (including phenoxy) is 1. The van der Waals surface area contributed by atoms with Gasteiger partial charge in [0.15, 0.2) is 0 Å². The van der Waals surface area contributed by atoms with Crippen molar-refractivity contribution in [2.24, 2.45) is 4.99 Å². The number of nitrogens with one attached hydrogen (secondary N) is 2. The van der Waals surface area contributed by atoms with E-state index in [2.05, 4.69) is 20.6 Å². The second kappa shape index (κ2) is 7.08. The summed E-state index contributed by atoms with van der Waals surface area (Å²) in [6, 6.07) is 4.20. The van der Waals surface area contributed by atoms with E-state index in [1.165, 1.54) is 5.56 Å². The van der Waals surface area contributed by atoms with Crippen LogP contribution in [0.3, 0.4) is 0 Å². The summed E-state index contributed by atoms with van der Waals surface area (Å²) in [5.74, 6) is 1.02. The van der Waals surface area contributed by atoms with E-state index >= 15 is 0 Å². The van der Waals surface area contributed by atoms with Gasteiger partial charge in [-0.3, -0.25) is 9.98 Å². The maximum atomic E-state index is 5.04. The lowest BCUT2D eigenvalue weighted by Crippen LogP contribution is -2.42. The van der Waals surface area contributed by atoms with Gasteiger partial charge in [-0.2, -0.15) is 0 Å². The monoisotopic (exact) mass is 248 g/mol. The number of rotatable bonds is 5. The van der Waals surface area contributed by atoms with Gasteiger partial charge in [0, 0.05) is 39.2 Å². The molecule has 0 spiro atoms. The lowest BCUT2D eigenvalue weighted by Gasteiger charge is -2.25. The Morgan fingerprint density at radius 1 is 1.44 bits per heavy atom. The molecule has 0 fully saturated rings. The van der Waals surface area contributed by atoms with Crippen molar-refractivity contribution in [3.8, 4) is 0 Å². The fraction of sp³-hybridized carbons (Fsp3) is 0.538. The van der Waals surface area contributed by atoms with E-state index in [0.29, 0.717) is 0 Å². The molecule has 1 atom stereocenters. The van der Waals surface area contributed by atoms with Crippen LogP contribution in [0.5, 0.6) is 0 Å². The molecule has 0 saturated heterocycles. The number of aromatic nitrogens is 1. The van der Waals surface area contributed by atoms with Gasteiger partial charge in [-0.05, 0) is 24.1 Å². The second-order valence-corrected chi connectivity index (χ2v) is 4.21. The molecule has 1 aromatic heterocycles. The first-order chi connectivity index (χ1) is 8.92. The number of methoxy groups -OCH3 is 1. The van der Waals surface area contributed by atoms with Crippen LogP contribution in [0, 0.1) is 0 Å². The fourth-order valence-electron chi connectivity index (χ4n) is 2.00. The summed E-state index contributed by atoms with van der Waals surface area (Å²) < 4.78 is 5.04. The standard InChI is InChI=1S/C13H20N4O/c1-18-10-2-5-16-13-12(15-8-9-17-13)11-3-6-14-7-4-11/h3-4,6-7,12,15H,2,5,8-10H2,1H3,(H,16,17). The van der Waals surface area contributed by atoms with Crippen molar-refractivity contribution in [2.45, 2.75) is 12.5 Å². The van der Waals surface area contributed by atoms with Gasteiger partial charge in [-0.15, -0.1) is 0 Å². The van der Waals surface area contributed by atoms with Gasteiger partial charge >= 0.3 is 0 Å². The van der Waals surface area contributed by atoms with Gasteiger partial charge in [0.25, 0.3) is 0 Å². The molecule has 2 heterocycles. The second-order valence-electron chi connectivity index (χ2n) is 4.21. The van der Waals surface area contributed by atoms with Crippen LogP contribution in [0.2, 0.25) is 0 Å². The topological polar surface area (TPSA) is 58.5 Å². The van der Waals surface area contributed by atoms with Crippen LogP contribution in [0.4, 0.5) is 0 Å². The highest BCUT2D eigenvalue weighted by Gasteiger charge is 2.19. The Morgan fingerprint density at radius 3 is 3.06 bits per heavy atom. The third-order valence-corrected chi connectivity index (χ3v) is 2.89. The van der Waals surface area contributed by atoms with Crippen molar-refractivity contribution in [1.29, 1.82) is 0 Å². The van der Waals surface area contributed by atoms with Crippen LogP contribution < -0.4 is 10.6 Å². The van der Waals surface area contributed by atoms with Crippen molar-refractivity contribution in [1.82, 2.24) is 15.6 Å². The Kier molecular flexibility index (Phi) is 5.11. The maximum absolute atomic E-state index is 5.04. The molecule has 0 aromatic carbocycles. The lowest BCUT2D eigenvalue weighted by molar-refractivity contribution is 0.195. The molecule has 5 heteroatoms. The van der Waals surface area contributed by atoms with Gasteiger partial charge in [0.1, 0.15) is 5.84 Å². The Balaban J connectivity index is 1.96. The molecule has 2 rings (SSSR count). The number of pyridine rings is 1. The minimum Gasteiger partial charge on any atom is -0.385 e. The largest absolute Gasteiger partial charge is 0.385 e. The van der Waals surface area contributed by atoms with Crippen molar-refractivity contribution in [2.75, 3.05) is 33.4 Å². The molecular weight excluding hydrogens is 228 g/mol. The molecule has 0 radical (unpaired) electrons. The summed E-state index contributed by atoms with van der Waals surface area (Å²) in [6.07, 6.45) is 4.61. The number of amidine groups is 1. The van der Waals surface area contributed by atoms with Crippen molar-refractivity contribution in [3.63, 3.8) is 0 Å². The molecule has 1 aromatic rings. The lowest BCUT2D eigenvalue weighted by atomic mass is 10.1. The summed E-state index contributed by atoms with van der Waals surface area (Å²) in [6.45, 7) is 3.40. The van der Waals surface area contributed by atoms with Crippen molar-refractivity contribution < 1.29 is 4.74 Å². The SMILES string of the molecule is COCCCNC1=NCCNC1c1ccncc1. The van der Waals surface area contributed by atoms with Gasteiger partial charge in [-0.25, -0.2) is 0 Å². The van der Waals surface area contributed by atoms with Crippen LogP contribution in [-0.2, 0) is 4.74 Å². The highest BCUT2D eigenvalue weighted by atomic mass is 16.5. The van der Waals surface area contributed by atoms with Crippen molar-refractivity contribution in [3.05, 3.63) is 30.1 Å². The fourth-order valence-corrected chi connectivity index (χ4v) is 2.00. The molecule has 0 bridgehead atoms. The van der Waals surface area contributed by atoms with Crippen LogP contribution in [-0.4, -0.2) is 44.2 Å². The third kappa shape index (κ3) is 3.51. The van der Waals surface area contributed by atoms with E-state index in [9.17, 15) is 0 Å². The van der Waals surface area contributed by atoms with E-state index in [1.807, 2.05) is 24.5 Å². The summed E-state index contributed by atoms with van der Waals surface area (Å²) in [5.41, 5.74) is 1.20. The molecule has 18 heavy (non-hydrogen) atoms. The molecule has 2 N–H and O–H groups in total. The van der Waals surface area contributed by atoms with E-state index in [1.54, 1.807) is 7.11 Å². The molecule has 0 aliphatic carbocycles. The first kappa shape index (κ1) is 13.0. The molecule has 1 aliphatic heterocycles. The van der Waals surface area contributed by atoms with E-state index in [-0.39, 0.29) is 6.04 Å². The maximum Gasteiger partial charge on any atom is 0.118 e.